The van der Waals surface area contributed by atoms with Crippen molar-refractivity contribution in [2.45, 2.75) is 0 Å². The molecule has 0 aliphatic carbocycles. The Balaban J connectivity index is 0.00000210. The summed E-state index contributed by atoms with van der Waals surface area (Å²) in [5, 5.41) is 4.69. The van der Waals surface area contributed by atoms with Gasteiger partial charge in [-0.05, 0) is 17.7 Å². The first kappa shape index (κ1) is 19.4. The number of hydrogen-bond donors (Lipinski definition) is 0. The number of morpholine rings is 1. The van der Waals surface area contributed by atoms with E-state index in [0.717, 1.165) is 49.7 Å². The molecular weight excluding hydrogens is 362 g/mol. The van der Waals surface area contributed by atoms with Gasteiger partial charge < -0.3 is 9.47 Å². The third-order valence-electron chi connectivity index (χ3n) is 4.54. The van der Waals surface area contributed by atoms with Gasteiger partial charge in [0.15, 0.2) is 0 Å². The highest BCUT2D eigenvalue weighted by atomic mass is 35.5. The quantitative estimate of drug-likeness (QED) is 0.649. The normalized spacial score (nSPS) is 14.5. The van der Waals surface area contributed by atoms with Crippen LogP contribution in [0.4, 0.5) is 0 Å². The van der Waals surface area contributed by atoms with E-state index in [0.29, 0.717) is 12.5 Å². The lowest BCUT2D eigenvalue weighted by Gasteiger charge is -2.26. The van der Waals surface area contributed by atoms with Crippen LogP contribution in [0.1, 0.15) is 0 Å². The molecule has 1 aromatic heterocycles. The summed E-state index contributed by atoms with van der Waals surface area (Å²) < 4.78 is 13.4. The van der Waals surface area contributed by atoms with E-state index in [2.05, 4.69) is 17.0 Å². The third-order valence-corrected chi connectivity index (χ3v) is 4.54. The van der Waals surface area contributed by atoms with Crippen molar-refractivity contribution in [3.05, 3.63) is 66.9 Å². The highest BCUT2D eigenvalue weighted by Crippen LogP contribution is 2.29. The van der Waals surface area contributed by atoms with E-state index < -0.39 is 0 Å². The molecule has 142 valence electrons. The van der Waals surface area contributed by atoms with Crippen LogP contribution in [0, 0.1) is 0 Å². The van der Waals surface area contributed by atoms with Gasteiger partial charge in [0.1, 0.15) is 6.61 Å². The molecular formula is C21H24ClN3O2. The summed E-state index contributed by atoms with van der Waals surface area (Å²) in [6.45, 7) is 5.04. The van der Waals surface area contributed by atoms with Crippen LogP contribution in [0.5, 0.6) is 5.88 Å². The Morgan fingerprint density at radius 3 is 2.30 bits per heavy atom. The Kier molecular flexibility index (Phi) is 6.87. The van der Waals surface area contributed by atoms with Gasteiger partial charge in [0.05, 0.1) is 24.5 Å². The lowest BCUT2D eigenvalue weighted by atomic mass is 10.1. The lowest BCUT2D eigenvalue weighted by Crippen LogP contribution is -2.38. The number of nitrogens with zero attached hydrogens (tertiary/aromatic N) is 3. The van der Waals surface area contributed by atoms with E-state index in [1.807, 2.05) is 59.4 Å². The van der Waals surface area contributed by atoms with E-state index >= 15 is 0 Å². The molecule has 0 atom stereocenters. The van der Waals surface area contributed by atoms with Gasteiger partial charge in [-0.3, -0.25) is 4.90 Å². The highest BCUT2D eigenvalue weighted by Gasteiger charge is 2.15. The number of hydrogen-bond acceptors (Lipinski definition) is 4. The average Bonchev–Trinajstić information content (AvgIpc) is 3.14. The van der Waals surface area contributed by atoms with Crippen molar-refractivity contribution in [3.63, 3.8) is 0 Å². The second kappa shape index (κ2) is 9.55. The zero-order valence-electron chi connectivity index (χ0n) is 15.2. The molecule has 0 spiro atoms. The third kappa shape index (κ3) is 4.89. The standard InChI is InChI=1S/C21H23N3O2.ClH/c1-3-7-18(8-4-1)20-17-24(19-9-5-2-6-10-19)22-21(20)26-16-13-23-11-14-25-15-12-23;/h1-10,17H,11-16H2;1H. The Morgan fingerprint density at radius 2 is 1.59 bits per heavy atom. The fourth-order valence-electron chi connectivity index (χ4n) is 3.09. The van der Waals surface area contributed by atoms with Gasteiger partial charge >= 0.3 is 0 Å². The Labute approximate surface area is 165 Å². The first-order valence-electron chi connectivity index (χ1n) is 9.03. The maximum absolute atomic E-state index is 6.08. The molecule has 0 radical (unpaired) electrons. The van der Waals surface area contributed by atoms with Crippen molar-refractivity contribution >= 4 is 12.4 Å². The Morgan fingerprint density at radius 1 is 0.926 bits per heavy atom. The van der Waals surface area contributed by atoms with Crippen LogP contribution in [-0.2, 0) is 4.74 Å². The SMILES string of the molecule is Cl.c1ccc(-c2cn(-c3ccccc3)nc2OCCN2CCOCC2)cc1. The lowest BCUT2D eigenvalue weighted by molar-refractivity contribution is 0.0320. The Bertz CT molecular complexity index is 818. The van der Waals surface area contributed by atoms with Gasteiger partial charge in [-0.2, -0.15) is 0 Å². The minimum absolute atomic E-state index is 0. The molecule has 1 aliphatic heterocycles. The van der Waals surface area contributed by atoms with Crippen LogP contribution < -0.4 is 4.74 Å². The van der Waals surface area contributed by atoms with Crippen molar-refractivity contribution in [2.75, 3.05) is 39.5 Å². The minimum atomic E-state index is 0. The van der Waals surface area contributed by atoms with Gasteiger partial charge in [-0.1, -0.05) is 48.5 Å². The molecule has 2 heterocycles. The van der Waals surface area contributed by atoms with E-state index in [1.165, 1.54) is 0 Å². The van der Waals surface area contributed by atoms with Gasteiger partial charge in [-0.25, -0.2) is 4.68 Å². The molecule has 1 aliphatic rings. The summed E-state index contributed by atoms with van der Waals surface area (Å²) in [5.41, 5.74) is 3.14. The number of para-hydroxylation sites is 1. The molecule has 0 bridgehead atoms. The molecule has 3 aromatic rings. The first-order chi connectivity index (χ1) is 12.9. The fourth-order valence-corrected chi connectivity index (χ4v) is 3.09. The van der Waals surface area contributed by atoms with Crippen LogP contribution >= 0.6 is 12.4 Å². The van der Waals surface area contributed by atoms with Crippen LogP contribution in [0.2, 0.25) is 0 Å². The minimum Gasteiger partial charge on any atom is -0.475 e. The molecule has 0 N–H and O–H groups in total. The number of ether oxygens (including phenoxy) is 2. The summed E-state index contributed by atoms with van der Waals surface area (Å²) >= 11 is 0. The Hall–Kier alpha value is -2.34. The van der Waals surface area contributed by atoms with E-state index in [9.17, 15) is 0 Å². The number of aromatic nitrogens is 2. The van der Waals surface area contributed by atoms with Gasteiger partial charge in [0.25, 0.3) is 0 Å². The molecule has 0 saturated carbocycles. The van der Waals surface area contributed by atoms with Gasteiger partial charge in [-0.15, -0.1) is 17.5 Å². The molecule has 4 rings (SSSR count). The second-order valence-corrected chi connectivity index (χ2v) is 6.30. The summed E-state index contributed by atoms with van der Waals surface area (Å²) in [7, 11) is 0. The van der Waals surface area contributed by atoms with E-state index in [-0.39, 0.29) is 12.4 Å². The van der Waals surface area contributed by atoms with E-state index in [4.69, 9.17) is 14.6 Å². The largest absolute Gasteiger partial charge is 0.475 e. The van der Waals surface area contributed by atoms with Crippen molar-refractivity contribution in [1.82, 2.24) is 14.7 Å². The number of rotatable bonds is 6. The van der Waals surface area contributed by atoms with Crippen molar-refractivity contribution < 1.29 is 9.47 Å². The molecule has 5 nitrogen and oxygen atoms in total. The molecule has 1 saturated heterocycles. The molecule has 1 fully saturated rings. The van der Waals surface area contributed by atoms with Crippen molar-refractivity contribution in [1.29, 1.82) is 0 Å². The van der Waals surface area contributed by atoms with Crippen LogP contribution in [-0.4, -0.2) is 54.1 Å². The smallest absolute Gasteiger partial charge is 0.241 e. The molecule has 27 heavy (non-hydrogen) atoms. The zero-order chi connectivity index (χ0) is 17.6. The van der Waals surface area contributed by atoms with Crippen molar-refractivity contribution in [3.8, 4) is 22.7 Å². The molecule has 0 amide bonds. The first-order valence-corrected chi connectivity index (χ1v) is 9.03. The van der Waals surface area contributed by atoms with Crippen molar-refractivity contribution in [2.24, 2.45) is 0 Å². The summed E-state index contributed by atoms with van der Waals surface area (Å²) in [4.78, 5) is 2.36. The predicted octanol–water partition coefficient (Wildman–Crippen LogP) is 3.67. The number of benzene rings is 2. The molecule has 6 heteroatoms. The van der Waals surface area contributed by atoms with Gasteiger partial charge in [0, 0.05) is 25.8 Å². The van der Waals surface area contributed by atoms with E-state index in [1.54, 1.807) is 0 Å². The second-order valence-electron chi connectivity index (χ2n) is 6.30. The molecule has 2 aromatic carbocycles. The highest BCUT2D eigenvalue weighted by molar-refractivity contribution is 5.85. The summed E-state index contributed by atoms with van der Waals surface area (Å²) in [5.74, 6) is 0.674. The average molecular weight is 386 g/mol. The van der Waals surface area contributed by atoms with Crippen LogP contribution in [0.15, 0.2) is 66.9 Å². The van der Waals surface area contributed by atoms with Crippen LogP contribution in [0.3, 0.4) is 0 Å². The summed E-state index contributed by atoms with van der Waals surface area (Å²) in [6.07, 6.45) is 2.04. The topological polar surface area (TPSA) is 39.5 Å². The maximum Gasteiger partial charge on any atom is 0.241 e. The van der Waals surface area contributed by atoms with Crippen LogP contribution in [0.25, 0.3) is 16.8 Å². The summed E-state index contributed by atoms with van der Waals surface area (Å²) in [6, 6.07) is 20.4. The monoisotopic (exact) mass is 385 g/mol. The molecule has 0 unspecified atom stereocenters. The maximum atomic E-state index is 6.08. The van der Waals surface area contributed by atoms with Gasteiger partial charge in [0.2, 0.25) is 5.88 Å². The number of halogens is 1. The fraction of sp³-hybridized carbons (Fsp3) is 0.286. The predicted molar refractivity (Wildman–Crippen MR) is 109 cm³/mol. The zero-order valence-corrected chi connectivity index (χ0v) is 16.0.